The Morgan fingerprint density at radius 2 is 2.15 bits per heavy atom. The van der Waals surface area contributed by atoms with Gasteiger partial charge in [0.25, 0.3) is 5.91 Å². The number of rotatable bonds is 8. The summed E-state index contributed by atoms with van der Waals surface area (Å²) in [6, 6.07) is 4.76. The standard InChI is InChI=1S/C15H23FN2O2/c1-4-9-18-15(19)11(3)20-14-12(10-17-5-2)7-6-8-13(14)16/h6-8,11,17H,4-5,9-10H2,1-3H3,(H,18,19). The van der Waals surface area contributed by atoms with Crippen LogP contribution in [-0.2, 0) is 11.3 Å². The van der Waals surface area contributed by atoms with E-state index in [1.165, 1.54) is 6.07 Å². The number of carbonyl (C=O) groups is 1. The van der Waals surface area contributed by atoms with Crippen molar-refractivity contribution in [3.05, 3.63) is 29.6 Å². The van der Waals surface area contributed by atoms with E-state index in [0.717, 1.165) is 13.0 Å². The van der Waals surface area contributed by atoms with Gasteiger partial charge in [0.05, 0.1) is 0 Å². The lowest BCUT2D eigenvalue weighted by atomic mass is 10.2. The van der Waals surface area contributed by atoms with E-state index in [-0.39, 0.29) is 11.7 Å². The average molecular weight is 282 g/mol. The quantitative estimate of drug-likeness (QED) is 0.769. The molecule has 0 saturated carbocycles. The summed E-state index contributed by atoms with van der Waals surface area (Å²) in [4.78, 5) is 11.8. The van der Waals surface area contributed by atoms with Gasteiger partial charge in [0, 0.05) is 18.7 Å². The minimum atomic E-state index is -0.723. The number of hydrogen-bond donors (Lipinski definition) is 2. The maximum atomic E-state index is 13.9. The van der Waals surface area contributed by atoms with Crippen molar-refractivity contribution in [2.45, 2.75) is 39.8 Å². The van der Waals surface area contributed by atoms with Crippen LogP contribution in [0.15, 0.2) is 18.2 Å². The van der Waals surface area contributed by atoms with Crippen molar-refractivity contribution in [3.8, 4) is 5.75 Å². The first-order chi connectivity index (χ1) is 9.60. The molecule has 0 aliphatic carbocycles. The van der Waals surface area contributed by atoms with E-state index in [1.807, 2.05) is 13.8 Å². The second-order valence-electron chi connectivity index (χ2n) is 4.56. The van der Waals surface area contributed by atoms with Gasteiger partial charge in [0.1, 0.15) is 0 Å². The van der Waals surface area contributed by atoms with Gasteiger partial charge in [-0.2, -0.15) is 0 Å². The lowest BCUT2D eigenvalue weighted by Crippen LogP contribution is -2.37. The molecular weight excluding hydrogens is 259 g/mol. The lowest BCUT2D eigenvalue weighted by molar-refractivity contribution is -0.127. The molecule has 1 aromatic rings. The Labute approximate surface area is 119 Å². The highest BCUT2D eigenvalue weighted by Gasteiger charge is 2.18. The summed E-state index contributed by atoms with van der Waals surface area (Å²) in [5.41, 5.74) is 0.710. The largest absolute Gasteiger partial charge is 0.477 e. The molecule has 1 aromatic carbocycles. The third-order valence-corrected chi connectivity index (χ3v) is 2.83. The van der Waals surface area contributed by atoms with Crippen molar-refractivity contribution in [1.82, 2.24) is 10.6 Å². The van der Waals surface area contributed by atoms with Gasteiger partial charge < -0.3 is 15.4 Å². The molecule has 1 atom stereocenters. The number of amides is 1. The molecule has 112 valence electrons. The Bertz CT molecular complexity index is 438. The Kier molecular flexibility index (Phi) is 7.01. The van der Waals surface area contributed by atoms with Crippen molar-refractivity contribution in [2.24, 2.45) is 0 Å². The van der Waals surface area contributed by atoms with Crippen LogP contribution in [0.3, 0.4) is 0 Å². The summed E-state index contributed by atoms with van der Waals surface area (Å²) >= 11 is 0. The van der Waals surface area contributed by atoms with E-state index in [1.54, 1.807) is 19.1 Å². The average Bonchev–Trinajstić information content (AvgIpc) is 2.45. The lowest BCUT2D eigenvalue weighted by Gasteiger charge is -2.18. The molecule has 1 amide bonds. The minimum absolute atomic E-state index is 0.146. The van der Waals surface area contributed by atoms with E-state index >= 15 is 0 Å². The number of nitrogens with one attached hydrogen (secondary N) is 2. The third-order valence-electron chi connectivity index (χ3n) is 2.83. The van der Waals surface area contributed by atoms with E-state index in [2.05, 4.69) is 10.6 Å². The topological polar surface area (TPSA) is 50.4 Å². The number of carbonyl (C=O) groups excluding carboxylic acids is 1. The summed E-state index contributed by atoms with van der Waals surface area (Å²) in [5.74, 6) is -0.535. The van der Waals surface area contributed by atoms with Gasteiger partial charge in [-0.05, 0) is 26.0 Å². The maximum absolute atomic E-state index is 13.9. The Morgan fingerprint density at radius 1 is 1.40 bits per heavy atom. The van der Waals surface area contributed by atoms with Crippen LogP contribution in [0.1, 0.15) is 32.8 Å². The molecule has 0 bridgehead atoms. The summed E-state index contributed by atoms with van der Waals surface area (Å²) in [5, 5.41) is 5.85. The first kappa shape index (κ1) is 16.4. The van der Waals surface area contributed by atoms with Crippen LogP contribution in [0.4, 0.5) is 4.39 Å². The summed E-state index contributed by atoms with van der Waals surface area (Å²) in [6.45, 7) is 7.44. The highest BCUT2D eigenvalue weighted by molar-refractivity contribution is 5.80. The molecule has 1 rings (SSSR count). The summed E-state index contributed by atoms with van der Waals surface area (Å²) in [6.07, 6.45) is 0.128. The van der Waals surface area contributed by atoms with Gasteiger partial charge in [-0.15, -0.1) is 0 Å². The van der Waals surface area contributed by atoms with Crippen LogP contribution in [0.2, 0.25) is 0 Å². The molecule has 0 fully saturated rings. The molecule has 0 aliphatic rings. The van der Waals surface area contributed by atoms with Crippen molar-refractivity contribution in [1.29, 1.82) is 0 Å². The Hall–Kier alpha value is -1.62. The van der Waals surface area contributed by atoms with Gasteiger partial charge in [-0.1, -0.05) is 26.0 Å². The number of para-hydroxylation sites is 1. The molecule has 5 heteroatoms. The second kappa shape index (κ2) is 8.53. The smallest absolute Gasteiger partial charge is 0.260 e. The van der Waals surface area contributed by atoms with E-state index in [0.29, 0.717) is 18.7 Å². The normalized spacial score (nSPS) is 12.0. The highest BCUT2D eigenvalue weighted by atomic mass is 19.1. The van der Waals surface area contributed by atoms with Crippen molar-refractivity contribution in [3.63, 3.8) is 0 Å². The van der Waals surface area contributed by atoms with Crippen LogP contribution in [0.5, 0.6) is 5.75 Å². The first-order valence-electron chi connectivity index (χ1n) is 7.02. The van der Waals surface area contributed by atoms with E-state index in [4.69, 9.17) is 4.74 Å². The van der Waals surface area contributed by atoms with Crippen LogP contribution in [-0.4, -0.2) is 25.1 Å². The third kappa shape index (κ3) is 4.81. The minimum Gasteiger partial charge on any atom is -0.477 e. The van der Waals surface area contributed by atoms with Gasteiger partial charge in [-0.3, -0.25) is 4.79 Å². The number of benzene rings is 1. The van der Waals surface area contributed by atoms with Gasteiger partial charge in [-0.25, -0.2) is 4.39 Å². The second-order valence-corrected chi connectivity index (χ2v) is 4.56. The number of hydrogen-bond acceptors (Lipinski definition) is 3. The molecule has 4 nitrogen and oxygen atoms in total. The fourth-order valence-electron chi connectivity index (χ4n) is 1.71. The summed E-state index contributed by atoms with van der Waals surface area (Å²) in [7, 11) is 0. The van der Waals surface area contributed by atoms with Crippen molar-refractivity contribution in [2.75, 3.05) is 13.1 Å². The molecule has 2 N–H and O–H groups in total. The van der Waals surface area contributed by atoms with Crippen LogP contribution < -0.4 is 15.4 Å². The fraction of sp³-hybridized carbons (Fsp3) is 0.533. The van der Waals surface area contributed by atoms with E-state index < -0.39 is 11.9 Å². The SMILES string of the molecule is CCCNC(=O)C(C)Oc1c(F)cccc1CNCC. The molecule has 0 saturated heterocycles. The number of halogens is 1. The molecule has 0 spiro atoms. The van der Waals surface area contributed by atoms with Gasteiger partial charge in [0.15, 0.2) is 17.7 Å². The predicted octanol–water partition coefficient (Wildman–Crippen LogP) is 2.23. The molecular formula is C15H23FN2O2. The molecule has 0 aromatic heterocycles. The highest BCUT2D eigenvalue weighted by Crippen LogP contribution is 2.23. The van der Waals surface area contributed by atoms with Gasteiger partial charge >= 0.3 is 0 Å². The van der Waals surface area contributed by atoms with Crippen LogP contribution in [0, 0.1) is 5.82 Å². The van der Waals surface area contributed by atoms with Gasteiger partial charge in [0.2, 0.25) is 0 Å². The van der Waals surface area contributed by atoms with Crippen LogP contribution >= 0.6 is 0 Å². The molecule has 0 aliphatic heterocycles. The zero-order valence-electron chi connectivity index (χ0n) is 12.3. The first-order valence-corrected chi connectivity index (χ1v) is 7.02. The molecule has 0 radical (unpaired) electrons. The van der Waals surface area contributed by atoms with E-state index in [9.17, 15) is 9.18 Å². The molecule has 20 heavy (non-hydrogen) atoms. The predicted molar refractivity (Wildman–Crippen MR) is 77.2 cm³/mol. The maximum Gasteiger partial charge on any atom is 0.260 e. The number of ether oxygens (including phenoxy) is 1. The Morgan fingerprint density at radius 3 is 2.80 bits per heavy atom. The van der Waals surface area contributed by atoms with Crippen molar-refractivity contribution >= 4 is 5.91 Å². The zero-order valence-corrected chi connectivity index (χ0v) is 12.3. The molecule has 0 heterocycles. The summed E-state index contributed by atoms with van der Waals surface area (Å²) < 4.78 is 19.4. The monoisotopic (exact) mass is 282 g/mol. The molecule has 1 unspecified atom stereocenters. The van der Waals surface area contributed by atoms with Crippen molar-refractivity contribution < 1.29 is 13.9 Å². The fourth-order valence-corrected chi connectivity index (χ4v) is 1.71. The van der Waals surface area contributed by atoms with Crippen LogP contribution in [0.25, 0.3) is 0 Å². The zero-order chi connectivity index (χ0) is 15.0. The Balaban J connectivity index is 2.76.